The molecule has 2 aliphatic rings. The minimum absolute atomic E-state index is 0.0106. The van der Waals surface area contributed by atoms with Gasteiger partial charge in [-0.15, -0.1) is 0 Å². The maximum atomic E-state index is 13.7. The van der Waals surface area contributed by atoms with E-state index in [0.717, 1.165) is 22.2 Å². The number of nitrogens with zero attached hydrogens (tertiary/aromatic N) is 3. The maximum Gasteiger partial charge on any atom is 0.273 e. The van der Waals surface area contributed by atoms with Crippen molar-refractivity contribution in [1.29, 1.82) is 0 Å². The van der Waals surface area contributed by atoms with Crippen molar-refractivity contribution in [2.45, 2.75) is 35.5 Å². The molecule has 1 heterocycles. The van der Waals surface area contributed by atoms with Gasteiger partial charge in [0.2, 0.25) is 0 Å². The number of non-ortho nitro benzene ring substituents is 1. The van der Waals surface area contributed by atoms with E-state index < -0.39 is 46.3 Å². The van der Waals surface area contributed by atoms with Crippen LogP contribution in [0.15, 0.2) is 48.5 Å². The van der Waals surface area contributed by atoms with E-state index in [4.69, 9.17) is 11.6 Å². The highest BCUT2D eigenvalue weighted by atomic mass is 79.9. The molecule has 0 aromatic heterocycles. The number of ketones is 1. The average molecular weight is 642 g/mol. The number of hydrogen-bond donors (Lipinski definition) is 0. The van der Waals surface area contributed by atoms with Crippen LogP contribution in [0, 0.1) is 22.0 Å². The fourth-order valence-corrected chi connectivity index (χ4v) is 5.92. The molecule has 4 rings (SSSR count). The van der Waals surface area contributed by atoms with Crippen LogP contribution in [-0.2, 0) is 9.59 Å². The molecular weight excluding hydrogens is 622 g/mol. The lowest BCUT2D eigenvalue weighted by Gasteiger charge is -2.34. The number of amides is 3. The molecule has 1 saturated heterocycles. The Bertz CT molecular complexity index is 1210. The van der Waals surface area contributed by atoms with Crippen molar-refractivity contribution in [3.63, 3.8) is 0 Å². The molecule has 36 heavy (non-hydrogen) atoms. The second-order valence-electron chi connectivity index (χ2n) is 8.71. The van der Waals surface area contributed by atoms with Crippen molar-refractivity contribution >= 4 is 72.7 Å². The first-order valence-corrected chi connectivity index (χ1v) is 13.3. The Morgan fingerprint density at radius 1 is 0.972 bits per heavy atom. The van der Waals surface area contributed by atoms with E-state index in [1.54, 1.807) is 0 Å². The number of fused-ring (bicyclic) bond motifs is 1. The Morgan fingerprint density at radius 2 is 1.44 bits per heavy atom. The van der Waals surface area contributed by atoms with E-state index >= 15 is 0 Å². The van der Waals surface area contributed by atoms with E-state index in [9.17, 15) is 29.3 Å². The van der Waals surface area contributed by atoms with Crippen molar-refractivity contribution in [3.05, 3.63) is 74.8 Å². The molecule has 9 nitrogen and oxygen atoms in total. The third-order valence-corrected chi connectivity index (χ3v) is 9.50. The maximum absolute atomic E-state index is 13.7. The summed E-state index contributed by atoms with van der Waals surface area (Å²) in [6, 6.07) is 9.56. The average Bonchev–Trinajstić information content (AvgIpc) is 3.08. The number of Topliss-reactive ketones (excluding diaryl/α,β-unsaturated/α-hetero) is 1. The summed E-state index contributed by atoms with van der Waals surface area (Å²) < 4.78 is 0. The minimum atomic E-state index is -1.23. The molecule has 12 heteroatoms. The number of rotatable bonds is 6. The summed E-state index contributed by atoms with van der Waals surface area (Å²) in [7, 11) is 0. The van der Waals surface area contributed by atoms with Crippen LogP contribution in [0.5, 0.6) is 0 Å². The summed E-state index contributed by atoms with van der Waals surface area (Å²) in [5.74, 6) is -3.69. The molecule has 188 valence electrons. The van der Waals surface area contributed by atoms with Crippen LogP contribution in [0.3, 0.4) is 0 Å². The number of halogens is 3. The van der Waals surface area contributed by atoms with E-state index in [2.05, 4.69) is 31.9 Å². The van der Waals surface area contributed by atoms with Gasteiger partial charge in [-0.1, -0.05) is 43.5 Å². The first-order chi connectivity index (χ1) is 17.0. The van der Waals surface area contributed by atoms with Crippen molar-refractivity contribution in [1.82, 2.24) is 10.0 Å². The van der Waals surface area contributed by atoms with Crippen LogP contribution in [0.4, 0.5) is 5.69 Å². The summed E-state index contributed by atoms with van der Waals surface area (Å²) in [4.78, 5) is 64.4. The van der Waals surface area contributed by atoms with Gasteiger partial charge in [0.05, 0.1) is 16.8 Å². The molecule has 1 aliphatic carbocycles. The van der Waals surface area contributed by atoms with E-state index in [1.807, 2.05) is 0 Å². The van der Waals surface area contributed by atoms with Gasteiger partial charge in [0, 0.05) is 37.9 Å². The number of carbonyl (C=O) groups excluding carboxylic acids is 4. The Labute approximate surface area is 228 Å². The number of hydrogen-bond acceptors (Lipinski definition) is 6. The lowest BCUT2D eigenvalue weighted by Crippen LogP contribution is -2.56. The zero-order valence-corrected chi connectivity index (χ0v) is 22.8. The smallest absolute Gasteiger partial charge is 0.273 e. The first kappa shape index (κ1) is 26.4. The standard InChI is InChI=1S/C24H20Br2ClN3O6/c1-12(21(31)13-2-6-15(27)7-3-13)28(22(32)14-4-8-16(9-5-14)30(35)36)29-23(33)17-10-19(25)20(26)11-18(17)24(29)34/h2-9,12,17-20H,10-11H2,1H3/t12-,17-,18+,19+,20+/m1/s1. The number of alkyl halides is 2. The highest BCUT2D eigenvalue weighted by Gasteiger charge is 2.55. The Kier molecular flexibility index (Phi) is 7.63. The molecule has 1 aliphatic heterocycles. The Morgan fingerprint density at radius 3 is 1.92 bits per heavy atom. The van der Waals surface area contributed by atoms with E-state index in [-0.39, 0.29) is 26.5 Å². The molecule has 1 saturated carbocycles. The van der Waals surface area contributed by atoms with Gasteiger partial charge in [-0.3, -0.25) is 29.3 Å². The number of nitro benzene ring substituents is 1. The summed E-state index contributed by atoms with van der Waals surface area (Å²) in [6.45, 7) is 1.43. The Hall–Kier alpha value is -2.63. The van der Waals surface area contributed by atoms with Gasteiger partial charge in [0.1, 0.15) is 6.04 Å². The second-order valence-corrected chi connectivity index (χ2v) is 11.5. The highest BCUT2D eigenvalue weighted by Crippen LogP contribution is 2.44. The number of imide groups is 1. The molecular formula is C24H20Br2ClN3O6. The third kappa shape index (κ3) is 4.83. The van der Waals surface area contributed by atoms with Crippen LogP contribution in [0.2, 0.25) is 5.02 Å². The molecule has 0 spiro atoms. The normalized spacial score (nSPS) is 24.3. The molecule has 3 amide bonds. The van der Waals surface area contributed by atoms with Crippen LogP contribution >= 0.6 is 43.5 Å². The predicted octanol–water partition coefficient (Wildman–Crippen LogP) is 4.80. The van der Waals surface area contributed by atoms with Crippen LogP contribution < -0.4 is 0 Å². The molecule has 2 aromatic carbocycles. The van der Waals surface area contributed by atoms with Gasteiger partial charge in [-0.05, 0) is 56.2 Å². The SMILES string of the molecule is C[C@H](C(=O)c1ccc(Cl)cc1)N(C(=O)c1ccc([N+](=O)[O-])cc1)N1C(=O)[C@H]2C[C@H](Br)[C@@H](Br)C[C@H]2C1=O. The second kappa shape index (κ2) is 10.4. The van der Waals surface area contributed by atoms with Crippen molar-refractivity contribution in [2.75, 3.05) is 0 Å². The van der Waals surface area contributed by atoms with Gasteiger partial charge in [0.25, 0.3) is 23.4 Å². The molecule has 0 bridgehead atoms. The summed E-state index contributed by atoms with van der Waals surface area (Å²) in [5.41, 5.74) is 0.00368. The lowest BCUT2D eigenvalue weighted by atomic mass is 9.81. The Balaban J connectivity index is 1.74. The van der Waals surface area contributed by atoms with Crippen molar-refractivity contribution in [2.24, 2.45) is 11.8 Å². The molecule has 0 unspecified atom stereocenters. The fraction of sp³-hybridized carbons (Fsp3) is 0.333. The van der Waals surface area contributed by atoms with Gasteiger partial charge >= 0.3 is 0 Å². The van der Waals surface area contributed by atoms with Crippen LogP contribution in [-0.4, -0.2) is 54.1 Å². The van der Waals surface area contributed by atoms with E-state index in [0.29, 0.717) is 17.9 Å². The third-order valence-electron chi connectivity index (χ3n) is 6.51. The number of nitro groups is 1. The summed E-state index contributed by atoms with van der Waals surface area (Å²) in [6.07, 6.45) is 0.779. The molecule has 2 aromatic rings. The van der Waals surface area contributed by atoms with Gasteiger partial charge < -0.3 is 0 Å². The van der Waals surface area contributed by atoms with Gasteiger partial charge in [-0.2, -0.15) is 5.01 Å². The molecule has 0 N–H and O–H groups in total. The van der Waals surface area contributed by atoms with Crippen LogP contribution in [0.1, 0.15) is 40.5 Å². The quantitative estimate of drug-likeness (QED) is 0.147. The zero-order chi connectivity index (χ0) is 26.3. The number of benzene rings is 2. The topological polar surface area (TPSA) is 118 Å². The highest BCUT2D eigenvalue weighted by molar-refractivity contribution is 9.12. The number of carbonyl (C=O) groups is 4. The van der Waals surface area contributed by atoms with E-state index in [1.165, 1.54) is 43.3 Å². The van der Waals surface area contributed by atoms with Gasteiger partial charge in [0.15, 0.2) is 5.78 Å². The molecule has 5 atom stereocenters. The van der Waals surface area contributed by atoms with Crippen molar-refractivity contribution < 1.29 is 24.1 Å². The first-order valence-electron chi connectivity index (χ1n) is 11.0. The fourth-order valence-electron chi connectivity index (χ4n) is 4.55. The summed E-state index contributed by atoms with van der Waals surface area (Å²) in [5, 5.41) is 13.1. The zero-order valence-electron chi connectivity index (χ0n) is 18.8. The molecule has 2 fully saturated rings. The summed E-state index contributed by atoms with van der Waals surface area (Å²) >= 11 is 13.0. The van der Waals surface area contributed by atoms with Gasteiger partial charge in [-0.25, -0.2) is 5.01 Å². The predicted molar refractivity (Wildman–Crippen MR) is 138 cm³/mol. The largest absolute Gasteiger partial charge is 0.292 e. The lowest BCUT2D eigenvalue weighted by molar-refractivity contribution is -0.384. The monoisotopic (exact) mass is 639 g/mol. The number of hydrazine groups is 1. The minimum Gasteiger partial charge on any atom is -0.292 e. The van der Waals surface area contributed by atoms with Crippen LogP contribution in [0.25, 0.3) is 0 Å². The molecule has 0 radical (unpaired) electrons. The van der Waals surface area contributed by atoms with Crippen molar-refractivity contribution in [3.8, 4) is 0 Å².